The first-order chi connectivity index (χ1) is 11.1. The van der Waals surface area contributed by atoms with Gasteiger partial charge in [-0.2, -0.15) is 0 Å². The van der Waals surface area contributed by atoms with Gasteiger partial charge in [-0.05, 0) is 48.2 Å². The van der Waals surface area contributed by atoms with Crippen molar-refractivity contribution in [1.82, 2.24) is 5.32 Å². The third kappa shape index (κ3) is 5.75. The summed E-state index contributed by atoms with van der Waals surface area (Å²) in [6, 6.07) is 13.9. The molecule has 2 aromatic rings. The van der Waals surface area contributed by atoms with Crippen molar-refractivity contribution in [2.45, 2.75) is 27.0 Å². The van der Waals surface area contributed by atoms with Crippen molar-refractivity contribution in [1.29, 1.82) is 0 Å². The molecule has 0 bridgehead atoms. The van der Waals surface area contributed by atoms with E-state index in [1.807, 2.05) is 50.2 Å². The highest BCUT2D eigenvalue weighted by atomic mass is 16.5. The number of nitrogens with one attached hydrogen (secondary N) is 1. The van der Waals surface area contributed by atoms with Gasteiger partial charge < -0.3 is 14.8 Å². The van der Waals surface area contributed by atoms with Gasteiger partial charge in [0.15, 0.2) is 6.61 Å². The van der Waals surface area contributed by atoms with Gasteiger partial charge in [-0.3, -0.25) is 4.79 Å². The molecule has 2 rings (SSSR count). The number of aryl methyl sites for hydroxylation is 2. The smallest absolute Gasteiger partial charge is 0.258 e. The Kier molecular flexibility index (Phi) is 6.18. The molecule has 0 radical (unpaired) electrons. The lowest BCUT2D eigenvalue weighted by atomic mass is 10.1. The van der Waals surface area contributed by atoms with Crippen molar-refractivity contribution >= 4 is 5.91 Å². The number of carbonyl (C=O) groups is 1. The van der Waals surface area contributed by atoms with Gasteiger partial charge in [0.1, 0.15) is 5.75 Å². The van der Waals surface area contributed by atoms with E-state index in [0.717, 1.165) is 28.0 Å². The van der Waals surface area contributed by atoms with E-state index in [-0.39, 0.29) is 12.5 Å². The molecule has 0 atom stereocenters. The Morgan fingerprint density at radius 3 is 2.43 bits per heavy atom. The Hall–Kier alpha value is -2.33. The number of methoxy groups -OCH3 is 1. The molecule has 2 aromatic carbocycles. The van der Waals surface area contributed by atoms with E-state index in [1.54, 1.807) is 7.11 Å². The molecule has 1 amide bonds. The van der Waals surface area contributed by atoms with Crippen LogP contribution < -0.4 is 10.1 Å². The predicted octanol–water partition coefficient (Wildman–Crippen LogP) is 3.15. The summed E-state index contributed by atoms with van der Waals surface area (Å²) in [5.74, 6) is 0.584. The van der Waals surface area contributed by atoms with Crippen LogP contribution in [-0.2, 0) is 22.7 Å². The summed E-state index contributed by atoms with van der Waals surface area (Å²) in [5.41, 5.74) is 4.37. The van der Waals surface area contributed by atoms with E-state index in [1.165, 1.54) is 0 Å². The van der Waals surface area contributed by atoms with Crippen LogP contribution in [0.3, 0.4) is 0 Å². The van der Waals surface area contributed by atoms with Crippen molar-refractivity contribution in [2.24, 2.45) is 0 Å². The van der Waals surface area contributed by atoms with Crippen LogP contribution in [0.1, 0.15) is 22.3 Å². The largest absolute Gasteiger partial charge is 0.484 e. The normalized spacial score (nSPS) is 10.4. The summed E-state index contributed by atoms with van der Waals surface area (Å²) in [6.45, 7) is 5.07. The maximum atomic E-state index is 11.9. The Morgan fingerprint density at radius 2 is 1.74 bits per heavy atom. The highest BCUT2D eigenvalue weighted by molar-refractivity contribution is 5.77. The topological polar surface area (TPSA) is 47.6 Å². The summed E-state index contributed by atoms with van der Waals surface area (Å²) in [6.07, 6.45) is 0. The lowest BCUT2D eigenvalue weighted by Crippen LogP contribution is -2.28. The van der Waals surface area contributed by atoms with Crippen LogP contribution in [0.2, 0.25) is 0 Å². The minimum absolute atomic E-state index is 0.0145. The van der Waals surface area contributed by atoms with Gasteiger partial charge in [0.25, 0.3) is 5.91 Å². The molecule has 0 saturated heterocycles. The van der Waals surface area contributed by atoms with Crippen molar-refractivity contribution in [3.05, 3.63) is 64.7 Å². The van der Waals surface area contributed by atoms with Crippen molar-refractivity contribution in [3.8, 4) is 5.75 Å². The third-order valence-corrected chi connectivity index (χ3v) is 3.36. The lowest BCUT2D eigenvalue weighted by molar-refractivity contribution is -0.123. The summed E-state index contributed by atoms with van der Waals surface area (Å²) in [5, 5.41) is 2.86. The Balaban J connectivity index is 1.82. The Bertz CT molecular complexity index is 647. The maximum absolute atomic E-state index is 11.9. The molecule has 0 aliphatic rings. The molecule has 0 saturated carbocycles. The molecule has 0 heterocycles. The highest BCUT2D eigenvalue weighted by Gasteiger charge is 2.04. The minimum Gasteiger partial charge on any atom is -0.484 e. The van der Waals surface area contributed by atoms with Gasteiger partial charge in [-0.25, -0.2) is 0 Å². The van der Waals surface area contributed by atoms with Crippen molar-refractivity contribution in [2.75, 3.05) is 13.7 Å². The zero-order chi connectivity index (χ0) is 16.7. The number of hydrogen-bond donors (Lipinski definition) is 1. The Labute approximate surface area is 137 Å². The number of carbonyl (C=O) groups excluding carboxylic acids is 1. The molecular weight excluding hydrogens is 290 g/mol. The average Bonchev–Trinajstić information content (AvgIpc) is 2.51. The Morgan fingerprint density at radius 1 is 1.04 bits per heavy atom. The lowest BCUT2D eigenvalue weighted by Gasteiger charge is -2.10. The molecule has 4 nitrogen and oxygen atoms in total. The van der Waals surface area contributed by atoms with E-state index in [2.05, 4.69) is 11.4 Å². The van der Waals surface area contributed by atoms with Crippen LogP contribution in [0, 0.1) is 13.8 Å². The number of amides is 1. The van der Waals surface area contributed by atoms with E-state index >= 15 is 0 Å². The van der Waals surface area contributed by atoms with Gasteiger partial charge in [-0.15, -0.1) is 0 Å². The summed E-state index contributed by atoms with van der Waals surface area (Å²) < 4.78 is 10.7. The van der Waals surface area contributed by atoms with E-state index in [0.29, 0.717) is 13.2 Å². The molecule has 0 spiro atoms. The fraction of sp³-hybridized carbons (Fsp3) is 0.316. The first kappa shape index (κ1) is 17.0. The minimum atomic E-state index is -0.138. The number of benzene rings is 2. The van der Waals surface area contributed by atoms with E-state index < -0.39 is 0 Å². The molecule has 0 aromatic heterocycles. The standard InChI is InChI=1S/C19H23NO3/c1-14-7-15(2)9-18(8-14)23-13-19(21)20-11-16-5-4-6-17(10-16)12-22-3/h4-10H,11-13H2,1-3H3,(H,20,21). The molecule has 0 aliphatic heterocycles. The van der Waals surface area contributed by atoms with Crippen LogP contribution in [-0.4, -0.2) is 19.6 Å². The second-order valence-corrected chi connectivity index (χ2v) is 5.64. The molecule has 0 unspecified atom stereocenters. The summed E-state index contributed by atoms with van der Waals surface area (Å²) >= 11 is 0. The van der Waals surface area contributed by atoms with Crippen LogP contribution in [0.5, 0.6) is 5.75 Å². The monoisotopic (exact) mass is 313 g/mol. The fourth-order valence-corrected chi connectivity index (χ4v) is 2.41. The molecule has 0 aliphatic carbocycles. The van der Waals surface area contributed by atoms with Crippen LogP contribution in [0.25, 0.3) is 0 Å². The second kappa shape index (κ2) is 8.34. The zero-order valence-electron chi connectivity index (χ0n) is 13.9. The average molecular weight is 313 g/mol. The zero-order valence-corrected chi connectivity index (χ0v) is 13.9. The van der Waals surface area contributed by atoms with Gasteiger partial charge in [0.2, 0.25) is 0 Å². The van der Waals surface area contributed by atoms with Crippen molar-refractivity contribution in [3.63, 3.8) is 0 Å². The molecule has 1 N–H and O–H groups in total. The quantitative estimate of drug-likeness (QED) is 0.854. The molecule has 0 fully saturated rings. The van der Waals surface area contributed by atoms with E-state index in [4.69, 9.17) is 9.47 Å². The molecule has 23 heavy (non-hydrogen) atoms. The van der Waals surface area contributed by atoms with Gasteiger partial charge >= 0.3 is 0 Å². The first-order valence-electron chi connectivity index (χ1n) is 7.61. The first-order valence-corrected chi connectivity index (χ1v) is 7.61. The van der Waals surface area contributed by atoms with Crippen LogP contribution >= 0.6 is 0 Å². The summed E-state index contributed by atoms with van der Waals surface area (Å²) in [4.78, 5) is 11.9. The van der Waals surface area contributed by atoms with Gasteiger partial charge in [0.05, 0.1) is 6.61 Å². The number of rotatable bonds is 7. The van der Waals surface area contributed by atoms with Crippen molar-refractivity contribution < 1.29 is 14.3 Å². The van der Waals surface area contributed by atoms with Crippen LogP contribution in [0.15, 0.2) is 42.5 Å². The number of ether oxygens (including phenoxy) is 2. The maximum Gasteiger partial charge on any atom is 0.258 e. The fourth-order valence-electron chi connectivity index (χ4n) is 2.41. The second-order valence-electron chi connectivity index (χ2n) is 5.64. The summed E-state index contributed by atoms with van der Waals surface area (Å²) in [7, 11) is 1.67. The SMILES string of the molecule is COCc1cccc(CNC(=O)COc2cc(C)cc(C)c2)c1. The molecular formula is C19H23NO3. The third-order valence-electron chi connectivity index (χ3n) is 3.36. The highest BCUT2D eigenvalue weighted by Crippen LogP contribution is 2.16. The molecule has 4 heteroatoms. The van der Waals surface area contributed by atoms with E-state index in [9.17, 15) is 4.79 Å². The predicted molar refractivity (Wildman–Crippen MR) is 90.4 cm³/mol. The van der Waals surface area contributed by atoms with Gasteiger partial charge in [-0.1, -0.05) is 30.3 Å². The van der Waals surface area contributed by atoms with Crippen LogP contribution in [0.4, 0.5) is 0 Å². The van der Waals surface area contributed by atoms with Gasteiger partial charge in [0, 0.05) is 13.7 Å². The number of hydrogen-bond acceptors (Lipinski definition) is 3. The molecule has 122 valence electrons.